The SMILES string of the molecule is Cc1c[nH]cc(C(F)(F)F)c1=O.Cc1c[nH]ccc1=O.Cc1cc(=O)cc(-c2ccccc2)[nH]1.Cc1cc(=O)cc(-c2ccccn2)[nH]1.Cc1ccc(=O)[nH]n1.Cc1ccn[nH]c1=O.Cc1cn[nH]c(=O)c1. The Balaban J connectivity index is 0.000000225. The number of aromatic nitrogens is 11. The van der Waals surface area contributed by atoms with Gasteiger partial charge in [-0.3, -0.25) is 38.5 Å². The van der Waals surface area contributed by atoms with Crippen molar-refractivity contribution in [2.24, 2.45) is 0 Å². The molecule has 0 aliphatic heterocycles. The Bertz CT molecular complexity index is 3350. The lowest BCUT2D eigenvalue weighted by Crippen LogP contribution is -2.20. The van der Waals surface area contributed by atoms with E-state index in [4.69, 9.17) is 0 Å². The van der Waals surface area contributed by atoms with Crippen LogP contribution in [0.1, 0.15) is 44.9 Å². The molecule has 0 amide bonds. The molecule has 0 bridgehead atoms. The van der Waals surface area contributed by atoms with E-state index in [-0.39, 0.29) is 38.5 Å². The Morgan fingerprint density at radius 3 is 1.62 bits per heavy atom. The average molecular weight is 988 g/mol. The van der Waals surface area contributed by atoms with Crippen LogP contribution in [0.5, 0.6) is 0 Å². The van der Waals surface area contributed by atoms with E-state index in [0.717, 1.165) is 50.9 Å². The summed E-state index contributed by atoms with van der Waals surface area (Å²) in [5, 5.41) is 17.5. The zero-order valence-electron chi connectivity index (χ0n) is 40.1. The number of rotatable bonds is 2. The summed E-state index contributed by atoms with van der Waals surface area (Å²) >= 11 is 0. The third-order valence-corrected chi connectivity index (χ3v) is 8.98. The first-order chi connectivity index (χ1) is 34.1. The van der Waals surface area contributed by atoms with E-state index in [1.807, 2.05) is 76.2 Å². The Kier molecular flexibility index (Phi) is 22.8. The summed E-state index contributed by atoms with van der Waals surface area (Å²) in [7, 11) is 0. The van der Waals surface area contributed by atoms with Crippen molar-refractivity contribution in [1.29, 1.82) is 0 Å². The molecule has 0 saturated carbocycles. The number of nitrogens with zero attached hydrogens (tertiary/aromatic N) is 4. The van der Waals surface area contributed by atoms with E-state index < -0.39 is 17.2 Å². The molecular weight excluding hydrogens is 936 g/mol. The van der Waals surface area contributed by atoms with Gasteiger partial charge in [0.1, 0.15) is 5.56 Å². The molecule has 72 heavy (non-hydrogen) atoms. The van der Waals surface area contributed by atoms with E-state index in [1.54, 1.807) is 81.2 Å². The molecule has 0 spiro atoms. The van der Waals surface area contributed by atoms with Crippen molar-refractivity contribution < 1.29 is 13.2 Å². The van der Waals surface area contributed by atoms with Gasteiger partial charge < -0.3 is 19.9 Å². The second-order valence-electron chi connectivity index (χ2n) is 15.2. The van der Waals surface area contributed by atoms with Crippen LogP contribution in [-0.4, -0.2) is 55.5 Å². The maximum atomic E-state index is 12.0. The molecule has 8 aromatic heterocycles. The lowest BCUT2D eigenvalue weighted by atomic mass is 10.1. The molecule has 7 N–H and O–H groups in total. The molecule has 0 unspecified atom stereocenters. The minimum atomic E-state index is -4.57. The van der Waals surface area contributed by atoms with Gasteiger partial charge in [0.05, 0.1) is 23.3 Å². The highest BCUT2D eigenvalue weighted by molar-refractivity contribution is 5.58. The van der Waals surface area contributed by atoms with Crippen LogP contribution in [-0.2, 0) is 6.18 Å². The third kappa shape index (κ3) is 21.3. The largest absolute Gasteiger partial charge is 0.421 e. The minimum Gasteiger partial charge on any atom is -0.367 e. The summed E-state index contributed by atoms with van der Waals surface area (Å²) in [6.07, 6.45) is 5.48. The van der Waals surface area contributed by atoms with Crippen LogP contribution in [0.3, 0.4) is 0 Å². The van der Waals surface area contributed by atoms with Crippen LogP contribution in [0.2, 0.25) is 0 Å². The molecule has 0 atom stereocenters. The molecule has 8 heterocycles. The molecule has 21 heteroatoms. The number of nitrogens with one attached hydrogen (secondary N) is 7. The van der Waals surface area contributed by atoms with Gasteiger partial charge in [-0.05, 0) is 83.9 Å². The summed E-state index contributed by atoms with van der Waals surface area (Å²) in [4.78, 5) is 90.6. The van der Waals surface area contributed by atoms with Crippen molar-refractivity contribution in [3.63, 3.8) is 0 Å². The van der Waals surface area contributed by atoms with Gasteiger partial charge in [0.25, 0.3) is 16.7 Å². The van der Waals surface area contributed by atoms with Gasteiger partial charge >= 0.3 is 6.18 Å². The van der Waals surface area contributed by atoms with E-state index in [2.05, 4.69) is 55.5 Å². The fourth-order valence-electron chi connectivity index (χ4n) is 5.40. The molecular formula is C51H52F3N11O7. The number of aromatic amines is 7. The second kappa shape index (κ2) is 28.8. The Labute approximate surface area is 408 Å². The molecule has 9 rings (SSSR count). The molecule has 18 nitrogen and oxygen atoms in total. The highest BCUT2D eigenvalue weighted by Crippen LogP contribution is 2.25. The monoisotopic (exact) mass is 987 g/mol. The first kappa shape index (κ1) is 56.9. The fourth-order valence-corrected chi connectivity index (χ4v) is 5.40. The van der Waals surface area contributed by atoms with E-state index in [0.29, 0.717) is 11.8 Å². The Morgan fingerprint density at radius 1 is 0.528 bits per heavy atom. The van der Waals surface area contributed by atoms with Crippen molar-refractivity contribution in [2.45, 2.75) is 54.6 Å². The number of alkyl halides is 3. The third-order valence-electron chi connectivity index (χ3n) is 8.98. The maximum Gasteiger partial charge on any atom is 0.421 e. The Hall–Kier alpha value is -9.40. The van der Waals surface area contributed by atoms with Crippen LogP contribution in [0.4, 0.5) is 13.2 Å². The van der Waals surface area contributed by atoms with Crippen LogP contribution in [0, 0.1) is 48.5 Å². The Morgan fingerprint density at radius 2 is 1.17 bits per heavy atom. The minimum absolute atomic E-state index is 0.00176. The van der Waals surface area contributed by atoms with E-state index in [1.165, 1.54) is 31.3 Å². The van der Waals surface area contributed by atoms with Gasteiger partial charge in [0, 0.05) is 113 Å². The maximum absolute atomic E-state index is 12.0. The van der Waals surface area contributed by atoms with Crippen molar-refractivity contribution >= 4 is 0 Å². The van der Waals surface area contributed by atoms with E-state index in [9.17, 15) is 46.7 Å². The first-order valence-corrected chi connectivity index (χ1v) is 21.4. The fraction of sp³-hybridized carbons (Fsp3) is 0.157. The number of hydrogen-bond donors (Lipinski definition) is 7. The molecule has 374 valence electrons. The predicted molar refractivity (Wildman–Crippen MR) is 270 cm³/mol. The predicted octanol–water partition coefficient (Wildman–Crippen LogP) is 6.72. The summed E-state index contributed by atoms with van der Waals surface area (Å²) in [5.41, 5.74) is 5.99. The van der Waals surface area contributed by atoms with Crippen LogP contribution < -0.4 is 38.4 Å². The number of benzene rings is 1. The second-order valence-corrected chi connectivity index (χ2v) is 15.2. The van der Waals surface area contributed by atoms with Gasteiger partial charge in [-0.15, -0.1) is 0 Å². The molecule has 0 radical (unpaired) electrons. The zero-order chi connectivity index (χ0) is 53.2. The molecule has 9 aromatic rings. The molecule has 1 aromatic carbocycles. The first-order valence-electron chi connectivity index (χ1n) is 21.4. The zero-order valence-corrected chi connectivity index (χ0v) is 40.1. The van der Waals surface area contributed by atoms with Gasteiger partial charge in [0.2, 0.25) is 0 Å². The van der Waals surface area contributed by atoms with Crippen LogP contribution in [0.15, 0.2) is 180 Å². The summed E-state index contributed by atoms with van der Waals surface area (Å²) in [6, 6.07) is 29.5. The standard InChI is InChI=1S/C12H11NO.C11H10N2O.C7H6F3NO.C6H7NO.3C5H6N2O/c1-9-7-11(14)8-12(13-9)10-5-3-2-4-6-10;1-8-6-9(14)7-11(13-8)10-4-2-3-5-12-10;1-4-2-11-3-5(6(4)12)7(8,9)10;1-5-4-7-3-2-6(5)8;1-4-2-5(8)7-6-3-4;1-4-2-3-6-7-5(4)8;1-4-2-3-5(8)7-6-4/h2-8H,1H3,(H,13,14);2-7H,1H3,(H,13,14);2-3H,1H3,(H,11,12);2-4H,1H3,(H,7,8);3*2-3H,1H3,(H,7,8). The topological polar surface area (TPSA) is 282 Å². The van der Waals surface area contributed by atoms with Crippen LogP contribution in [0.25, 0.3) is 22.6 Å². The normalized spacial score (nSPS) is 9.92. The number of aryl methyl sites for hydroxylation is 7. The number of halogens is 3. The quantitative estimate of drug-likeness (QED) is 0.0955. The molecule has 0 saturated heterocycles. The summed E-state index contributed by atoms with van der Waals surface area (Å²) in [6.45, 7) is 12.2. The molecule has 0 aliphatic rings. The van der Waals surface area contributed by atoms with Crippen LogP contribution >= 0.6 is 0 Å². The summed E-state index contributed by atoms with van der Waals surface area (Å²) in [5.74, 6) is 0. The summed E-state index contributed by atoms with van der Waals surface area (Å²) < 4.78 is 36.0. The van der Waals surface area contributed by atoms with E-state index >= 15 is 0 Å². The van der Waals surface area contributed by atoms with Gasteiger partial charge in [0.15, 0.2) is 21.7 Å². The molecule has 0 aliphatic carbocycles. The molecule has 0 fully saturated rings. The van der Waals surface area contributed by atoms with Gasteiger partial charge in [-0.25, -0.2) is 15.3 Å². The van der Waals surface area contributed by atoms with Crippen molar-refractivity contribution in [3.8, 4) is 22.6 Å². The lowest BCUT2D eigenvalue weighted by Gasteiger charge is -2.04. The number of H-pyrrole nitrogens is 7. The lowest BCUT2D eigenvalue weighted by molar-refractivity contribution is -0.138. The van der Waals surface area contributed by atoms with Crippen molar-refractivity contribution in [2.75, 3.05) is 0 Å². The van der Waals surface area contributed by atoms with Crippen molar-refractivity contribution in [3.05, 3.63) is 263 Å². The van der Waals surface area contributed by atoms with Gasteiger partial charge in [-0.1, -0.05) is 36.4 Å². The highest BCUT2D eigenvalue weighted by atomic mass is 19.4. The highest BCUT2D eigenvalue weighted by Gasteiger charge is 2.33. The smallest absolute Gasteiger partial charge is 0.367 e. The van der Waals surface area contributed by atoms with Gasteiger partial charge in [-0.2, -0.15) is 28.5 Å². The number of pyridine rings is 5. The number of hydrogen-bond acceptors (Lipinski definition) is 11. The van der Waals surface area contributed by atoms with Crippen molar-refractivity contribution in [1.82, 2.24) is 55.5 Å². The average Bonchev–Trinajstić information content (AvgIpc) is 3.33.